The Kier molecular flexibility index (Phi) is 6.14. The summed E-state index contributed by atoms with van der Waals surface area (Å²) >= 11 is 5.81. The fourth-order valence-corrected chi connectivity index (χ4v) is 4.35. The molecule has 0 bridgehead atoms. The van der Waals surface area contributed by atoms with Gasteiger partial charge in [0.1, 0.15) is 5.82 Å². The third kappa shape index (κ3) is 4.18. The number of amides is 3. The molecule has 3 amide bonds. The molecule has 9 heteroatoms. The molecule has 3 aromatic rings. The van der Waals surface area contributed by atoms with Gasteiger partial charge in [-0.3, -0.25) is 9.36 Å². The number of rotatable bonds is 5. The number of halogens is 2. The average Bonchev–Trinajstić information content (AvgIpc) is 3.40. The highest BCUT2D eigenvalue weighted by atomic mass is 35.5. The van der Waals surface area contributed by atoms with Crippen LogP contribution in [-0.2, 0) is 11.2 Å². The third-order valence-corrected chi connectivity index (χ3v) is 6.04. The second kappa shape index (κ2) is 9.00. The summed E-state index contributed by atoms with van der Waals surface area (Å²) in [5.41, 5.74) is 6.82. The first kappa shape index (κ1) is 21.8. The fourth-order valence-electron chi connectivity index (χ4n) is 4.16. The summed E-state index contributed by atoms with van der Waals surface area (Å²) in [6.07, 6.45) is 3.03. The zero-order valence-electron chi connectivity index (χ0n) is 17.2. The van der Waals surface area contributed by atoms with Gasteiger partial charge in [-0.1, -0.05) is 41.9 Å². The second-order valence-corrected chi connectivity index (χ2v) is 8.14. The molecule has 0 radical (unpaired) electrons. The number of fused-ring (bicyclic) bond motifs is 1. The molecule has 2 heterocycles. The van der Waals surface area contributed by atoms with Gasteiger partial charge in [0.15, 0.2) is 5.78 Å². The van der Waals surface area contributed by atoms with Gasteiger partial charge in [-0.25, -0.2) is 14.0 Å². The molecule has 1 saturated heterocycles. The number of primary amides is 1. The number of Topliss-reactive ketones (excluding diaryl/α,β-unsaturated/α-hetero) is 1. The van der Waals surface area contributed by atoms with Gasteiger partial charge in [0.05, 0.1) is 22.3 Å². The van der Waals surface area contributed by atoms with E-state index in [1.807, 2.05) is 0 Å². The molecule has 0 saturated carbocycles. The molecule has 0 unspecified atom stereocenters. The molecule has 7 nitrogen and oxygen atoms in total. The number of nitrogens with zero attached hydrogens (tertiary/aromatic N) is 2. The number of anilines is 1. The maximum atomic E-state index is 14.1. The summed E-state index contributed by atoms with van der Waals surface area (Å²) in [6.45, 7) is 0.433. The van der Waals surface area contributed by atoms with Gasteiger partial charge in [-0.15, -0.1) is 0 Å². The van der Waals surface area contributed by atoms with Crippen LogP contribution in [0.2, 0.25) is 5.02 Å². The maximum Gasteiger partial charge on any atom is 0.323 e. The topological polar surface area (TPSA) is 97.4 Å². The van der Waals surface area contributed by atoms with E-state index >= 15 is 0 Å². The lowest BCUT2D eigenvalue weighted by Gasteiger charge is -2.24. The number of benzene rings is 2. The smallest absolute Gasteiger partial charge is 0.323 e. The predicted octanol–water partition coefficient (Wildman–Crippen LogP) is 4.56. The van der Waals surface area contributed by atoms with Gasteiger partial charge in [0, 0.05) is 24.5 Å². The van der Waals surface area contributed by atoms with Crippen molar-refractivity contribution in [1.82, 2.24) is 9.47 Å². The molecule has 0 aliphatic carbocycles. The lowest BCUT2D eigenvalue weighted by atomic mass is 10.0. The van der Waals surface area contributed by atoms with Crippen molar-refractivity contribution >= 4 is 46.0 Å². The number of carbonyl (C=O) groups excluding carboxylic acids is 3. The summed E-state index contributed by atoms with van der Waals surface area (Å²) in [7, 11) is 0. The van der Waals surface area contributed by atoms with E-state index < -0.39 is 23.9 Å². The Balaban J connectivity index is 1.47. The van der Waals surface area contributed by atoms with Crippen LogP contribution in [-0.4, -0.2) is 39.9 Å². The van der Waals surface area contributed by atoms with Crippen LogP contribution in [0.1, 0.15) is 24.8 Å². The van der Waals surface area contributed by atoms with Gasteiger partial charge < -0.3 is 16.0 Å². The quantitative estimate of drug-likeness (QED) is 0.588. The Morgan fingerprint density at radius 1 is 1.16 bits per heavy atom. The van der Waals surface area contributed by atoms with Gasteiger partial charge >= 0.3 is 12.1 Å². The molecular weight excluding hydrogens is 435 g/mol. The second-order valence-electron chi connectivity index (χ2n) is 7.73. The van der Waals surface area contributed by atoms with Gasteiger partial charge in [-0.2, -0.15) is 0 Å². The number of urea groups is 1. The number of hydrogen-bond acceptors (Lipinski definition) is 3. The molecule has 0 spiro atoms. The minimum absolute atomic E-state index is 0.0203. The first-order valence-corrected chi connectivity index (χ1v) is 10.7. The number of para-hydroxylation sites is 1. The van der Waals surface area contributed by atoms with E-state index in [0.717, 1.165) is 0 Å². The third-order valence-electron chi connectivity index (χ3n) is 5.75. The van der Waals surface area contributed by atoms with Crippen LogP contribution in [0, 0.1) is 5.82 Å². The lowest BCUT2D eigenvalue weighted by molar-refractivity contribution is -0.122. The summed E-state index contributed by atoms with van der Waals surface area (Å²) < 4.78 is 15.4. The van der Waals surface area contributed by atoms with Gasteiger partial charge in [0.25, 0.3) is 0 Å². The van der Waals surface area contributed by atoms with Crippen LogP contribution in [0.15, 0.2) is 48.7 Å². The standard InChI is InChI=1S/C23H22ClFN4O3/c24-16-7-3-5-14(21(16)25)10-11-20(30)19-9-4-12-28(19)23(32)27-17-13-29(22(26)31)18-8-2-1-6-15(17)18/h1-3,5-8,13,19H,4,9-12H2,(H2,26,31)(H,27,32)/t19-/m0/s1. The van der Waals surface area contributed by atoms with Crippen molar-refractivity contribution < 1.29 is 18.8 Å². The molecule has 4 rings (SSSR count). The van der Waals surface area contributed by atoms with Crippen molar-refractivity contribution in [3.8, 4) is 0 Å². The molecule has 1 aliphatic rings. The highest BCUT2D eigenvalue weighted by molar-refractivity contribution is 6.30. The monoisotopic (exact) mass is 456 g/mol. The van der Waals surface area contributed by atoms with Crippen molar-refractivity contribution in [2.24, 2.45) is 5.73 Å². The van der Waals surface area contributed by atoms with Crippen molar-refractivity contribution in [3.05, 3.63) is 65.1 Å². The van der Waals surface area contributed by atoms with Gasteiger partial charge in [0.2, 0.25) is 0 Å². The largest absolute Gasteiger partial charge is 0.351 e. The number of nitrogens with one attached hydrogen (secondary N) is 1. The van der Waals surface area contributed by atoms with E-state index in [4.69, 9.17) is 17.3 Å². The zero-order chi connectivity index (χ0) is 22.8. The molecule has 166 valence electrons. The Hall–Kier alpha value is -3.39. The first-order chi connectivity index (χ1) is 15.4. The van der Waals surface area contributed by atoms with Crippen LogP contribution in [0.5, 0.6) is 0 Å². The summed E-state index contributed by atoms with van der Waals surface area (Å²) in [6, 6.07) is 10.1. The van der Waals surface area contributed by atoms with Crippen LogP contribution >= 0.6 is 11.6 Å². The predicted molar refractivity (Wildman–Crippen MR) is 120 cm³/mol. The Morgan fingerprint density at radius 3 is 2.72 bits per heavy atom. The van der Waals surface area contributed by atoms with E-state index in [-0.39, 0.29) is 23.6 Å². The molecule has 1 aliphatic heterocycles. The Morgan fingerprint density at radius 2 is 1.94 bits per heavy atom. The number of likely N-dealkylation sites (tertiary alicyclic amines) is 1. The van der Waals surface area contributed by atoms with Crippen LogP contribution in [0.25, 0.3) is 10.9 Å². The van der Waals surface area contributed by atoms with Crippen molar-refractivity contribution in [3.63, 3.8) is 0 Å². The van der Waals surface area contributed by atoms with Gasteiger partial charge in [-0.05, 0) is 37.0 Å². The number of hydrogen-bond donors (Lipinski definition) is 2. The minimum Gasteiger partial charge on any atom is -0.351 e. The molecule has 1 aromatic heterocycles. The number of nitrogens with two attached hydrogens (primary N) is 1. The van der Waals surface area contributed by atoms with E-state index in [1.54, 1.807) is 36.4 Å². The zero-order valence-corrected chi connectivity index (χ0v) is 17.9. The Labute approximate surface area is 188 Å². The fraction of sp³-hybridized carbons (Fsp3) is 0.261. The molecule has 1 atom stereocenters. The molecule has 3 N–H and O–H groups in total. The van der Waals surface area contributed by atoms with E-state index in [2.05, 4.69) is 5.32 Å². The van der Waals surface area contributed by atoms with E-state index in [0.29, 0.717) is 41.5 Å². The SMILES string of the molecule is NC(=O)n1cc(NC(=O)N2CCC[C@H]2C(=O)CCc2cccc(Cl)c2F)c2ccccc21. The van der Waals surface area contributed by atoms with E-state index in [1.165, 1.54) is 21.7 Å². The van der Waals surface area contributed by atoms with Crippen LogP contribution < -0.4 is 11.1 Å². The molecule has 32 heavy (non-hydrogen) atoms. The van der Waals surface area contributed by atoms with Crippen LogP contribution in [0.3, 0.4) is 0 Å². The normalized spacial score (nSPS) is 15.8. The van der Waals surface area contributed by atoms with Crippen LogP contribution in [0.4, 0.5) is 19.7 Å². The number of ketones is 1. The summed E-state index contributed by atoms with van der Waals surface area (Å²) in [5, 5.41) is 3.49. The van der Waals surface area contributed by atoms with E-state index in [9.17, 15) is 18.8 Å². The highest BCUT2D eigenvalue weighted by Gasteiger charge is 2.34. The Bertz CT molecular complexity index is 1210. The average molecular weight is 457 g/mol. The number of aromatic nitrogens is 1. The van der Waals surface area contributed by atoms with Crippen molar-refractivity contribution in [2.75, 3.05) is 11.9 Å². The number of aryl methyl sites for hydroxylation is 1. The highest BCUT2D eigenvalue weighted by Crippen LogP contribution is 2.28. The summed E-state index contributed by atoms with van der Waals surface area (Å²) in [4.78, 5) is 39.1. The molecular formula is C23H22ClFN4O3. The lowest BCUT2D eigenvalue weighted by Crippen LogP contribution is -2.43. The molecule has 2 aromatic carbocycles. The molecule has 1 fully saturated rings. The minimum atomic E-state index is -0.663. The van der Waals surface area contributed by atoms with Crippen molar-refractivity contribution in [1.29, 1.82) is 0 Å². The summed E-state index contributed by atoms with van der Waals surface area (Å²) in [5.74, 6) is -0.648. The number of carbonyl (C=O) groups is 3. The van der Waals surface area contributed by atoms with Crippen molar-refractivity contribution in [2.45, 2.75) is 31.7 Å². The maximum absolute atomic E-state index is 14.1. The first-order valence-electron chi connectivity index (χ1n) is 10.3.